The molecule has 4 heteroatoms. The van der Waals surface area contributed by atoms with E-state index in [1.165, 1.54) is 0 Å². The van der Waals surface area contributed by atoms with E-state index in [0.29, 0.717) is 0 Å². The molecule has 0 aliphatic carbocycles. The largest absolute Gasteiger partial charge is 0.496 e. The minimum Gasteiger partial charge on any atom is -0.496 e. The molecule has 0 unspecified atom stereocenters. The number of nitrogens with zero attached hydrogens (tertiary/aromatic N) is 3. The van der Waals surface area contributed by atoms with Crippen molar-refractivity contribution in [1.29, 1.82) is 0 Å². The van der Waals surface area contributed by atoms with Gasteiger partial charge in [-0.05, 0) is 128 Å². The number of hydrogen-bond acceptors (Lipinski definition) is 4. The molecule has 312 valence electrons. The second-order valence-electron chi connectivity index (χ2n) is 16.3. The molecule has 3 heterocycles. The zero-order valence-corrected chi connectivity index (χ0v) is 36.3. The van der Waals surface area contributed by atoms with E-state index in [-0.39, 0.29) is 0 Å². The predicted molar refractivity (Wildman–Crippen MR) is 273 cm³/mol. The molecule has 0 aliphatic heterocycles. The van der Waals surface area contributed by atoms with Gasteiger partial charge in [0.1, 0.15) is 5.75 Å². The molecule has 0 saturated heterocycles. The Kier molecular flexibility index (Phi) is 10.8. The van der Waals surface area contributed by atoms with Gasteiger partial charge < -0.3 is 4.74 Å². The number of benzene rings is 8. The number of aromatic nitrogens is 3. The molecule has 0 aliphatic rings. The number of para-hydroxylation sites is 1. The van der Waals surface area contributed by atoms with Gasteiger partial charge >= 0.3 is 0 Å². The van der Waals surface area contributed by atoms with E-state index in [1.807, 2.05) is 60.9 Å². The molecular weight excluding hydrogens is 803 g/mol. The standard InChI is InChI=1S/C62H43N3O/c1-66-62-41-47(61-35-33-44-14-2-9-23-60(44)65-61)32-34-57(62)56-20-8-7-19-55(56)50-39-48(53-17-5-3-15-51(53)42-24-28-45(29-25-42)58-21-10-12-36-63-58)38-49(40-50)54-18-6-4-16-52(54)43-26-30-46(31-27-43)59-22-11-13-37-64-59/h2-41H,1H3. The zero-order chi connectivity index (χ0) is 44.2. The highest BCUT2D eigenvalue weighted by atomic mass is 16.5. The maximum atomic E-state index is 6.19. The van der Waals surface area contributed by atoms with Gasteiger partial charge in [-0.1, -0.05) is 164 Å². The van der Waals surface area contributed by atoms with Crippen LogP contribution in [0.15, 0.2) is 243 Å². The molecular formula is C62H43N3O. The Morgan fingerprint density at radius 3 is 1.21 bits per heavy atom. The smallest absolute Gasteiger partial charge is 0.127 e. The van der Waals surface area contributed by atoms with Crippen molar-refractivity contribution in [2.24, 2.45) is 0 Å². The summed E-state index contributed by atoms with van der Waals surface area (Å²) in [6, 6.07) is 81.5. The van der Waals surface area contributed by atoms with Crippen molar-refractivity contribution >= 4 is 10.9 Å². The lowest BCUT2D eigenvalue weighted by Gasteiger charge is -2.19. The van der Waals surface area contributed by atoms with Gasteiger partial charge in [-0.3, -0.25) is 9.97 Å². The molecule has 0 fully saturated rings. The van der Waals surface area contributed by atoms with Gasteiger partial charge in [-0.2, -0.15) is 0 Å². The van der Waals surface area contributed by atoms with Crippen molar-refractivity contribution in [3.63, 3.8) is 0 Å². The molecule has 4 nitrogen and oxygen atoms in total. The maximum Gasteiger partial charge on any atom is 0.127 e. The lowest BCUT2D eigenvalue weighted by molar-refractivity contribution is 0.416. The number of methoxy groups -OCH3 is 1. The van der Waals surface area contributed by atoms with Gasteiger partial charge in [0.2, 0.25) is 0 Å². The van der Waals surface area contributed by atoms with E-state index in [4.69, 9.17) is 9.72 Å². The normalized spacial score (nSPS) is 11.1. The van der Waals surface area contributed by atoms with Crippen molar-refractivity contribution in [1.82, 2.24) is 15.0 Å². The van der Waals surface area contributed by atoms with Crippen molar-refractivity contribution in [3.05, 3.63) is 243 Å². The molecule has 0 amide bonds. The van der Waals surface area contributed by atoms with Crippen molar-refractivity contribution < 1.29 is 4.74 Å². The topological polar surface area (TPSA) is 47.9 Å². The van der Waals surface area contributed by atoms with Crippen LogP contribution in [0.2, 0.25) is 0 Å². The molecule has 0 saturated carbocycles. The SMILES string of the molecule is COc1cc(-c2ccc3ccccc3n2)ccc1-c1ccccc1-c1cc(-c2ccccc2-c2ccc(-c3ccccn3)cc2)cc(-c2ccccc2-c2ccc(-c3ccccn3)cc2)c1. The van der Waals surface area contributed by atoms with Gasteiger partial charge in [0.25, 0.3) is 0 Å². The molecule has 0 bridgehead atoms. The van der Waals surface area contributed by atoms with Crippen LogP contribution in [0.1, 0.15) is 0 Å². The van der Waals surface area contributed by atoms with Gasteiger partial charge in [0.15, 0.2) is 0 Å². The number of ether oxygens (including phenoxy) is 1. The molecule has 8 aromatic carbocycles. The molecule has 66 heavy (non-hydrogen) atoms. The quantitative estimate of drug-likeness (QED) is 0.138. The van der Waals surface area contributed by atoms with Crippen LogP contribution in [0.4, 0.5) is 0 Å². The number of hydrogen-bond donors (Lipinski definition) is 0. The van der Waals surface area contributed by atoms with Crippen LogP contribution < -0.4 is 4.74 Å². The van der Waals surface area contributed by atoms with E-state index in [0.717, 1.165) is 117 Å². The third-order valence-corrected chi connectivity index (χ3v) is 12.3. The van der Waals surface area contributed by atoms with Crippen LogP contribution in [0, 0.1) is 0 Å². The van der Waals surface area contributed by atoms with E-state index >= 15 is 0 Å². The second kappa shape index (κ2) is 17.8. The third kappa shape index (κ3) is 7.93. The van der Waals surface area contributed by atoms with E-state index in [1.54, 1.807) is 7.11 Å². The molecule has 0 N–H and O–H groups in total. The first-order chi connectivity index (χ1) is 32.7. The highest BCUT2D eigenvalue weighted by Crippen LogP contribution is 2.44. The highest BCUT2D eigenvalue weighted by Gasteiger charge is 2.18. The molecule has 0 atom stereocenters. The summed E-state index contributed by atoms with van der Waals surface area (Å²) in [5.41, 5.74) is 20.3. The lowest BCUT2D eigenvalue weighted by Crippen LogP contribution is -1.94. The summed E-state index contributed by atoms with van der Waals surface area (Å²) in [5, 5.41) is 1.11. The first-order valence-electron chi connectivity index (χ1n) is 22.2. The Labute approximate surface area is 385 Å². The minimum absolute atomic E-state index is 0.783. The van der Waals surface area contributed by atoms with Crippen LogP contribution in [-0.4, -0.2) is 22.1 Å². The van der Waals surface area contributed by atoms with Gasteiger partial charge in [0, 0.05) is 40.0 Å². The molecule has 0 radical (unpaired) electrons. The van der Waals surface area contributed by atoms with Crippen LogP contribution in [0.3, 0.4) is 0 Å². The Bertz CT molecular complexity index is 3350. The van der Waals surface area contributed by atoms with Crippen molar-refractivity contribution in [3.8, 4) is 106 Å². The molecule has 0 spiro atoms. The number of pyridine rings is 3. The average Bonchev–Trinajstić information content (AvgIpc) is 3.41. The fourth-order valence-corrected chi connectivity index (χ4v) is 9.04. The number of fused-ring (bicyclic) bond motifs is 1. The fourth-order valence-electron chi connectivity index (χ4n) is 9.04. The van der Waals surface area contributed by atoms with Crippen LogP contribution in [-0.2, 0) is 0 Å². The Hall–Kier alpha value is -8.73. The highest BCUT2D eigenvalue weighted by molar-refractivity contribution is 5.95. The molecule has 11 rings (SSSR count). The summed E-state index contributed by atoms with van der Waals surface area (Å²) >= 11 is 0. The van der Waals surface area contributed by atoms with E-state index < -0.39 is 0 Å². The molecule has 11 aromatic rings. The fraction of sp³-hybridized carbons (Fsp3) is 0.0161. The van der Waals surface area contributed by atoms with Gasteiger partial charge in [-0.15, -0.1) is 0 Å². The maximum absolute atomic E-state index is 6.19. The third-order valence-electron chi connectivity index (χ3n) is 12.3. The Morgan fingerprint density at radius 1 is 0.288 bits per heavy atom. The van der Waals surface area contributed by atoms with Crippen LogP contribution in [0.25, 0.3) is 111 Å². The molecule has 3 aromatic heterocycles. The summed E-state index contributed by atoms with van der Waals surface area (Å²) in [4.78, 5) is 14.2. The summed E-state index contributed by atoms with van der Waals surface area (Å²) in [5.74, 6) is 0.783. The summed E-state index contributed by atoms with van der Waals surface area (Å²) in [6.07, 6.45) is 3.68. The lowest BCUT2D eigenvalue weighted by atomic mass is 9.86. The van der Waals surface area contributed by atoms with Gasteiger partial charge in [-0.25, -0.2) is 4.98 Å². The monoisotopic (exact) mass is 845 g/mol. The average molecular weight is 846 g/mol. The van der Waals surface area contributed by atoms with Crippen molar-refractivity contribution in [2.45, 2.75) is 0 Å². The minimum atomic E-state index is 0.783. The summed E-state index contributed by atoms with van der Waals surface area (Å²) in [6.45, 7) is 0. The number of rotatable bonds is 10. The first kappa shape index (κ1) is 40.1. The second-order valence-corrected chi connectivity index (χ2v) is 16.3. The van der Waals surface area contributed by atoms with Crippen LogP contribution in [0.5, 0.6) is 5.75 Å². The summed E-state index contributed by atoms with van der Waals surface area (Å²) in [7, 11) is 1.75. The van der Waals surface area contributed by atoms with Crippen molar-refractivity contribution in [2.75, 3.05) is 7.11 Å². The van der Waals surface area contributed by atoms with Crippen LogP contribution >= 0.6 is 0 Å². The predicted octanol–water partition coefficient (Wildman–Crippen LogP) is 16.0. The first-order valence-corrected chi connectivity index (χ1v) is 22.2. The summed E-state index contributed by atoms with van der Waals surface area (Å²) < 4.78 is 6.19. The Morgan fingerprint density at radius 2 is 0.712 bits per heavy atom. The van der Waals surface area contributed by atoms with E-state index in [2.05, 4.69) is 192 Å². The Balaban J connectivity index is 1.06. The van der Waals surface area contributed by atoms with E-state index in [9.17, 15) is 0 Å². The zero-order valence-electron chi connectivity index (χ0n) is 36.3. The van der Waals surface area contributed by atoms with Gasteiger partial charge in [0.05, 0.1) is 29.7 Å².